The molecule has 2 nitrogen and oxygen atoms in total. The van der Waals surface area contributed by atoms with Gasteiger partial charge in [0.1, 0.15) is 23.2 Å². The van der Waals surface area contributed by atoms with E-state index in [1.54, 1.807) is 0 Å². The maximum Gasteiger partial charge on any atom is 0.113 e. The highest BCUT2D eigenvalue weighted by atomic mass is 31.2. The van der Waals surface area contributed by atoms with Crippen LogP contribution in [0.4, 0.5) is 5.69 Å². The van der Waals surface area contributed by atoms with Crippen LogP contribution in [-0.2, 0) is 0 Å². The largest absolute Gasteiger partial charge is 0.321 e. The fourth-order valence-electron chi connectivity index (χ4n) is 3.79. The van der Waals surface area contributed by atoms with E-state index in [4.69, 9.17) is 0 Å². The lowest BCUT2D eigenvalue weighted by Crippen LogP contribution is -2.37. The quantitative estimate of drug-likeness (QED) is 0.258. The molecule has 0 aliphatic carbocycles. The molecule has 0 saturated carbocycles. The minimum Gasteiger partial charge on any atom is -0.321 e. The zero-order valence-electron chi connectivity index (χ0n) is 16.4. The van der Waals surface area contributed by atoms with Crippen molar-refractivity contribution >= 4 is 28.9 Å². The predicted octanol–water partition coefficient (Wildman–Crippen LogP) is 4.60. The summed E-state index contributed by atoms with van der Waals surface area (Å²) in [5, 5.41) is 4.25. The Morgan fingerprint density at radius 3 is 1.28 bits per heavy atom. The number of nitrogens with one attached hydrogen (secondary N) is 2. The number of para-hydroxylation sites is 1. The van der Waals surface area contributed by atoms with Gasteiger partial charge in [-0.1, -0.05) is 72.8 Å². The van der Waals surface area contributed by atoms with Gasteiger partial charge in [0.2, 0.25) is 0 Å². The van der Waals surface area contributed by atoms with Gasteiger partial charge in [-0.25, -0.2) is 5.43 Å². The smallest absolute Gasteiger partial charge is 0.113 e. The molecule has 0 unspecified atom stereocenters. The van der Waals surface area contributed by atoms with Gasteiger partial charge in [-0.05, 0) is 48.5 Å². The molecule has 0 saturated heterocycles. The Morgan fingerprint density at radius 2 is 0.862 bits per heavy atom. The molecule has 4 rings (SSSR count). The average molecular weight is 397 g/mol. The summed E-state index contributed by atoms with van der Waals surface area (Å²) in [5.74, 6) is 0. The van der Waals surface area contributed by atoms with Crippen molar-refractivity contribution in [2.24, 2.45) is 0 Å². The second kappa shape index (κ2) is 9.52. The lowest BCUT2D eigenvalue weighted by Gasteiger charge is -2.28. The predicted molar refractivity (Wildman–Crippen MR) is 128 cm³/mol. The molecule has 144 valence electrons. The number of benzene rings is 4. The van der Waals surface area contributed by atoms with Crippen molar-refractivity contribution in [1.29, 1.82) is 0 Å². The van der Waals surface area contributed by atoms with Gasteiger partial charge >= 0.3 is 0 Å². The summed E-state index contributed by atoms with van der Waals surface area (Å²) in [5.41, 5.74) is 7.86. The summed E-state index contributed by atoms with van der Waals surface area (Å²) < 4.78 is 0. The van der Waals surface area contributed by atoms with Gasteiger partial charge in [0.05, 0.1) is 6.16 Å². The van der Waals surface area contributed by atoms with Crippen molar-refractivity contribution in [3.63, 3.8) is 0 Å². The van der Waals surface area contributed by atoms with Gasteiger partial charge in [0.15, 0.2) is 0 Å². The molecular formula is C26H26N2P+. The molecule has 0 fully saturated rings. The van der Waals surface area contributed by atoms with Crippen LogP contribution in [0.3, 0.4) is 0 Å². The fourth-order valence-corrected chi connectivity index (χ4v) is 7.95. The maximum absolute atomic E-state index is 3.44. The molecule has 0 aliphatic rings. The van der Waals surface area contributed by atoms with Crippen molar-refractivity contribution < 1.29 is 0 Å². The molecule has 4 aromatic rings. The van der Waals surface area contributed by atoms with Gasteiger partial charge in [0.25, 0.3) is 0 Å². The highest BCUT2D eigenvalue weighted by Crippen LogP contribution is 2.54. The Kier molecular flexibility index (Phi) is 6.36. The highest BCUT2D eigenvalue weighted by Gasteiger charge is 2.44. The summed E-state index contributed by atoms with van der Waals surface area (Å²) in [4.78, 5) is 0. The monoisotopic (exact) mass is 397 g/mol. The molecular weight excluding hydrogens is 371 g/mol. The van der Waals surface area contributed by atoms with E-state index in [1.165, 1.54) is 15.9 Å². The van der Waals surface area contributed by atoms with Gasteiger partial charge in [-0.3, -0.25) is 0 Å². The third-order valence-electron chi connectivity index (χ3n) is 5.17. The lowest BCUT2D eigenvalue weighted by molar-refractivity contribution is 0.849. The van der Waals surface area contributed by atoms with Gasteiger partial charge in [-0.15, -0.1) is 0 Å². The summed E-state index contributed by atoms with van der Waals surface area (Å²) in [6.07, 6.45) is 1.03. The first-order valence-corrected chi connectivity index (χ1v) is 12.0. The van der Waals surface area contributed by atoms with Crippen molar-refractivity contribution in [3.05, 3.63) is 121 Å². The van der Waals surface area contributed by atoms with E-state index >= 15 is 0 Å². The van der Waals surface area contributed by atoms with E-state index in [9.17, 15) is 0 Å². The van der Waals surface area contributed by atoms with Crippen molar-refractivity contribution in [2.45, 2.75) is 0 Å². The third kappa shape index (κ3) is 4.40. The first-order chi connectivity index (χ1) is 14.4. The first kappa shape index (κ1) is 19.4. The zero-order valence-corrected chi connectivity index (χ0v) is 17.3. The van der Waals surface area contributed by atoms with Crippen LogP contribution < -0.4 is 26.8 Å². The molecule has 29 heavy (non-hydrogen) atoms. The summed E-state index contributed by atoms with van der Waals surface area (Å²) in [6.45, 7) is 0.862. The molecule has 2 N–H and O–H groups in total. The lowest BCUT2D eigenvalue weighted by atomic mass is 10.3. The molecule has 0 spiro atoms. The summed E-state index contributed by atoms with van der Waals surface area (Å²) in [7, 11) is -1.78. The Bertz CT molecular complexity index is 893. The number of hydrazine groups is 1. The number of hydrogen-bond acceptors (Lipinski definition) is 2. The third-order valence-corrected chi connectivity index (χ3v) is 9.60. The van der Waals surface area contributed by atoms with Crippen LogP contribution in [0.5, 0.6) is 0 Å². The minimum atomic E-state index is -1.78. The van der Waals surface area contributed by atoms with Crippen LogP contribution in [0, 0.1) is 0 Å². The minimum absolute atomic E-state index is 0.862. The summed E-state index contributed by atoms with van der Waals surface area (Å²) >= 11 is 0. The van der Waals surface area contributed by atoms with Crippen LogP contribution in [0.2, 0.25) is 0 Å². The highest BCUT2D eigenvalue weighted by molar-refractivity contribution is 7.95. The van der Waals surface area contributed by atoms with E-state index in [2.05, 4.69) is 114 Å². The normalized spacial score (nSPS) is 11.2. The van der Waals surface area contributed by atoms with Crippen LogP contribution in [0.25, 0.3) is 0 Å². The molecule has 0 atom stereocenters. The molecule has 0 aliphatic heterocycles. The van der Waals surface area contributed by atoms with Crippen LogP contribution in [0.1, 0.15) is 0 Å². The Balaban J connectivity index is 1.70. The molecule has 4 aromatic carbocycles. The molecule has 0 bridgehead atoms. The van der Waals surface area contributed by atoms with Crippen molar-refractivity contribution in [3.8, 4) is 0 Å². The Labute approximate surface area is 173 Å². The van der Waals surface area contributed by atoms with Crippen LogP contribution >= 0.6 is 7.26 Å². The molecule has 0 aromatic heterocycles. The summed E-state index contributed by atoms with van der Waals surface area (Å²) in [6, 6.07) is 43.2. The molecule has 0 radical (unpaired) electrons. The fraction of sp³-hybridized carbons (Fsp3) is 0.0769. The SMILES string of the molecule is c1ccc(NNCC[P+](c2ccccc2)(c2ccccc2)c2ccccc2)cc1. The van der Waals surface area contributed by atoms with E-state index in [-0.39, 0.29) is 0 Å². The Morgan fingerprint density at radius 1 is 0.483 bits per heavy atom. The van der Waals surface area contributed by atoms with Crippen LogP contribution in [0.15, 0.2) is 121 Å². The second-order valence-electron chi connectivity index (χ2n) is 6.96. The topological polar surface area (TPSA) is 24.1 Å². The second-order valence-corrected chi connectivity index (χ2v) is 10.6. The molecule has 0 amide bonds. The van der Waals surface area contributed by atoms with E-state index in [1.807, 2.05) is 18.2 Å². The van der Waals surface area contributed by atoms with Gasteiger partial charge < -0.3 is 5.43 Å². The van der Waals surface area contributed by atoms with E-state index in [0.717, 1.165) is 18.4 Å². The number of rotatable bonds is 8. The van der Waals surface area contributed by atoms with Crippen LogP contribution in [-0.4, -0.2) is 12.7 Å². The zero-order chi connectivity index (χ0) is 19.8. The molecule has 0 heterocycles. The van der Waals surface area contributed by atoms with Crippen molar-refractivity contribution in [2.75, 3.05) is 18.1 Å². The average Bonchev–Trinajstić information content (AvgIpc) is 2.82. The number of hydrogen-bond donors (Lipinski definition) is 2. The standard InChI is InChI=1S/C26H26N2P/c1-5-13-23(14-6-1)28-27-21-22-29(24-15-7-2-8-16-24,25-17-9-3-10-18-25)26-19-11-4-12-20-26/h1-20,27-28H,21-22H2/q+1. The molecule has 3 heteroatoms. The number of anilines is 1. The van der Waals surface area contributed by atoms with Gasteiger partial charge in [-0.2, -0.15) is 0 Å². The van der Waals surface area contributed by atoms with E-state index < -0.39 is 7.26 Å². The Hall–Kier alpha value is -2.93. The maximum atomic E-state index is 3.44. The first-order valence-electron chi connectivity index (χ1n) is 9.98. The van der Waals surface area contributed by atoms with Crippen molar-refractivity contribution in [1.82, 2.24) is 5.43 Å². The van der Waals surface area contributed by atoms with Gasteiger partial charge in [0, 0.05) is 12.2 Å². The van der Waals surface area contributed by atoms with E-state index in [0.29, 0.717) is 0 Å².